The van der Waals surface area contributed by atoms with Crippen LogP contribution in [0, 0.1) is 0 Å². The number of halogens is 3. The van der Waals surface area contributed by atoms with Crippen molar-refractivity contribution in [2.75, 3.05) is 7.05 Å². The molecule has 140 valence electrons. The molecule has 0 aliphatic rings. The summed E-state index contributed by atoms with van der Waals surface area (Å²) < 4.78 is 61.0. The smallest absolute Gasteiger partial charge is 0.335 e. The molecule has 0 spiro atoms. The molecule has 0 radical (unpaired) electrons. The Hall–Kier alpha value is -2.39. The van der Waals surface area contributed by atoms with E-state index >= 15 is 0 Å². The normalized spacial score (nSPS) is 13.3. The van der Waals surface area contributed by atoms with E-state index in [1.807, 2.05) is 0 Å². The zero-order valence-corrected chi connectivity index (χ0v) is 14.8. The van der Waals surface area contributed by atoms with E-state index in [-0.39, 0.29) is 10.5 Å². The predicted molar refractivity (Wildman–Crippen MR) is 89.8 cm³/mol. The maximum atomic E-state index is 12.8. The van der Waals surface area contributed by atoms with Crippen molar-refractivity contribution in [1.29, 1.82) is 0 Å². The molecule has 0 unspecified atom stereocenters. The number of hydrogen-bond acceptors (Lipinski definition) is 3. The number of alkyl halides is 3. The minimum absolute atomic E-state index is 0.0692. The molecule has 26 heavy (non-hydrogen) atoms. The van der Waals surface area contributed by atoms with Crippen LogP contribution in [0.5, 0.6) is 0 Å². The van der Waals surface area contributed by atoms with Gasteiger partial charge in [-0.15, -0.1) is 0 Å². The third kappa shape index (κ3) is 4.41. The molecule has 0 saturated heterocycles. The average Bonchev–Trinajstić information content (AvgIpc) is 2.58. The molecule has 1 amide bonds. The molecule has 0 aliphatic heterocycles. The van der Waals surface area contributed by atoms with Crippen molar-refractivity contribution < 1.29 is 26.4 Å². The third-order valence-corrected chi connectivity index (χ3v) is 4.96. The van der Waals surface area contributed by atoms with Crippen molar-refractivity contribution in [3.05, 3.63) is 65.2 Å². The van der Waals surface area contributed by atoms with Crippen molar-refractivity contribution in [1.82, 2.24) is 4.90 Å². The number of benzene rings is 2. The lowest BCUT2D eigenvalue weighted by Crippen LogP contribution is -2.30. The average molecular weight is 386 g/mol. The molecule has 0 aliphatic carbocycles. The van der Waals surface area contributed by atoms with E-state index in [9.17, 15) is 26.4 Å². The molecule has 2 N–H and O–H groups in total. The summed E-state index contributed by atoms with van der Waals surface area (Å²) in [6.45, 7) is 1.68. The molecule has 2 aromatic carbocycles. The molecule has 0 heterocycles. The molecule has 5 nitrogen and oxygen atoms in total. The molecule has 0 aromatic heterocycles. The number of carbonyl (C=O) groups is 1. The lowest BCUT2D eigenvalue weighted by Gasteiger charge is -2.26. The van der Waals surface area contributed by atoms with Gasteiger partial charge in [0.05, 0.1) is 16.5 Å². The van der Waals surface area contributed by atoms with Crippen molar-refractivity contribution in [2.45, 2.75) is 24.0 Å². The van der Waals surface area contributed by atoms with Gasteiger partial charge in [-0.2, -0.15) is 13.2 Å². The summed E-state index contributed by atoms with van der Waals surface area (Å²) in [4.78, 5) is 13.7. The van der Waals surface area contributed by atoms with E-state index in [2.05, 4.69) is 0 Å². The fourth-order valence-electron chi connectivity index (χ4n) is 2.37. The first-order chi connectivity index (χ1) is 11.9. The minimum atomic E-state index is -4.54. The fraction of sp³-hybridized carbons (Fsp3) is 0.235. The van der Waals surface area contributed by atoms with Gasteiger partial charge in [0, 0.05) is 12.6 Å². The lowest BCUT2D eigenvalue weighted by atomic mass is 10.1. The number of nitrogens with two attached hydrogens (primary N) is 1. The van der Waals surface area contributed by atoms with E-state index < -0.39 is 33.7 Å². The Kier molecular flexibility index (Phi) is 5.43. The highest BCUT2D eigenvalue weighted by Gasteiger charge is 2.31. The van der Waals surface area contributed by atoms with E-state index in [1.165, 1.54) is 48.3 Å². The molecule has 9 heteroatoms. The Morgan fingerprint density at radius 2 is 1.69 bits per heavy atom. The van der Waals surface area contributed by atoms with Gasteiger partial charge >= 0.3 is 6.18 Å². The van der Waals surface area contributed by atoms with Gasteiger partial charge in [-0.25, -0.2) is 13.6 Å². The highest BCUT2D eigenvalue weighted by atomic mass is 32.2. The second kappa shape index (κ2) is 7.08. The Bertz CT molecular complexity index is 910. The van der Waals surface area contributed by atoms with Gasteiger partial charge in [0.1, 0.15) is 0 Å². The monoisotopic (exact) mass is 386 g/mol. The number of hydrogen-bond donors (Lipinski definition) is 1. The van der Waals surface area contributed by atoms with Gasteiger partial charge in [-0.3, -0.25) is 4.79 Å². The molecule has 0 bridgehead atoms. The van der Waals surface area contributed by atoms with Crippen LogP contribution >= 0.6 is 0 Å². The molecule has 1 atom stereocenters. The fourth-order valence-corrected chi connectivity index (χ4v) is 2.88. The number of rotatable bonds is 4. The second-order valence-corrected chi connectivity index (χ2v) is 7.35. The van der Waals surface area contributed by atoms with Crippen LogP contribution < -0.4 is 5.14 Å². The van der Waals surface area contributed by atoms with Crippen molar-refractivity contribution in [3.63, 3.8) is 0 Å². The summed E-state index contributed by atoms with van der Waals surface area (Å²) in [6, 6.07) is 9.31. The first-order valence-electron chi connectivity index (χ1n) is 7.48. The van der Waals surface area contributed by atoms with Crippen LogP contribution in [0.4, 0.5) is 13.2 Å². The van der Waals surface area contributed by atoms with Gasteiger partial charge in [0.25, 0.3) is 5.91 Å². The molecule has 0 saturated carbocycles. The largest absolute Gasteiger partial charge is 0.416 e. The third-order valence-electron chi connectivity index (χ3n) is 4.03. The Morgan fingerprint density at radius 3 is 2.19 bits per heavy atom. The zero-order chi connectivity index (χ0) is 19.7. The summed E-state index contributed by atoms with van der Waals surface area (Å²) in [6.07, 6.45) is -4.54. The van der Waals surface area contributed by atoms with Gasteiger partial charge in [0.15, 0.2) is 0 Å². The quantitative estimate of drug-likeness (QED) is 0.876. The van der Waals surface area contributed by atoms with E-state index in [1.54, 1.807) is 6.92 Å². The number of sulfonamides is 1. The van der Waals surface area contributed by atoms with E-state index in [4.69, 9.17) is 5.14 Å². The summed E-state index contributed by atoms with van der Waals surface area (Å²) >= 11 is 0. The predicted octanol–water partition coefficient (Wildman–Crippen LogP) is 3.19. The first-order valence-corrected chi connectivity index (χ1v) is 9.03. The number of primary sulfonamides is 1. The van der Waals surface area contributed by atoms with Gasteiger partial charge in [0.2, 0.25) is 10.0 Å². The number of carbonyl (C=O) groups excluding carboxylic acids is 1. The zero-order valence-electron chi connectivity index (χ0n) is 14.0. The highest BCUT2D eigenvalue weighted by Crippen LogP contribution is 2.30. The van der Waals surface area contributed by atoms with Crippen molar-refractivity contribution in [3.8, 4) is 0 Å². The van der Waals surface area contributed by atoms with Crippen molar-refractivity contribution >= 4 is 15.9 Å². The Balaban J connectivity index is 2.25. The molecular weight excluding hydrogens is 369 g/mol. The van der Waals surface area contributed by atoms with Crippen LogP contribution in [0.25, 0.3) is 0 Å². The Morgan fingerprint density at radius 1 is 1.12 bits per heavy atom. The minimum Gasteiger partial charge on any atom is -0.335 e. The van der Waals surface area contributed by atoms with E-state index in [0.717, 1.165) is 12.1 Å². The SMILES string of the molecule is C[C@@H](c1ccc(S(N)(=O)=O)cc1)N(C)C(=O)c1cccc(C(F)(F)F)c1. The van der Waals surface area contributed by atoms with Crippen molar-refractivity contribution in [2.24, 2.45) is 5.14 Å². The van der Waals surface area contributed by atoms with Gasteiger partial charge < -0.3 is 4.90 Å². The van der Waals surface area contributed by atoms with Crippen LogP contribution in [0.15, 0.2) is 53.4 Å². The lowest BCUT2D eigenvalue weighted by molar-refractivity contribution is -0.137. The molecule has 0 fully saturated rings. The molecular formula is C17H17F3N2O3S. The van der Waals surface area contributed by atoms with Crippen LogP contribution in [-0.4, -0.2) is 26.3 Å². The molecule has 2 rings (SSSR count). The first kappa shape index (κ1) is 19.9. The topological polar surface area (TPSA) is 80.5 Å². The summed E-state index contributed by atoms with van der Waals surface area (Å²) in [5, 5.41) is 5.03. The highest BCUT2D eigenvalue weighted by molar-refractivity contribution is 7.89. The summed E-state index contributed by atoms with van der Waals surface area (Å²) in [7, 11) is -2.37. The van der Waals surface area contributed by atoms with Gasteiger partial charge in [-0.05, 0) is 42.8 Å². The summed E-state index contributed by atoms with van der Waals surface area (Å²) in [5.74, 6) is -0.584. The second-order valence-electron chi connectivity index (χ2n) is 5.78. The van der Waals surface area contributed by atoms with E-state index in [0.29, 0.717) is 5.56 Å². The van der Waals surface area contributed by atoms with Gasteiger partial charge in [-0.1, -0.05) is 18.2 Å². The number of amides is 1. The van der Waals surface area contributed by atoms with Crippen LogP contribution in [0.1, 0.15) is 34.5 Å². The summed E-state index contributed by atoms with van der Waals surface area (Å²) in [5.41, 5.74) is -0.377. The van der Waals surface area contributed by atoms with Crippen LogP contribution in [-0.2, 0) is 16.2 Å². The standard InChI is InChI=1S/C17H17F3N2O3S/c1-11(12-6-8-15(9-7-12)26(21,24)25)22(2)16(23)13-4-3-5-14(10-13)17(18,19)20/h3-11H,1-2H3,(H2,21,24,25)/t11-/m0/s1. The molecule has 2 aromatic rings. The van der Waals surface area contributed by atoms with Crippen LogP contribution in [0.2, 0.25) is 0 Å². The van der Waals surface area contributed by atoms with Crippen LogP contribution in [0.3, 0.4) is 0 Å². The maximum Gasteiger partial charge on any atom is 0.416 e. The Labute approximate surface area is 149 Å². The number of nitrogens with zero attached hydrogens (tertiary/aromatic N) is 1. The maximum absolute atomic E-state index is 12.8.